The predicted octanol–water partition coefficient (Wildman–Crippen LogP) is 5.01. The normalized spacial score (nSPS) is 14.0. The van der Waals surface area contributed by atoms with Crippen LogP contribution in [0.1, 0.15) is 5.56 Å². The maximum atomic E-state index is 13.7. The molecule has 3 aromatic carbocycles. The van der Waals surface area contributed by atoms with Crippen LogP contribution in [-0.2, 0) is 9.59 Å². The third-order valence-corrected chi connectivity index (χ3v) is 4.63. The van der Waals surface area contributed by atoms with E-state index in [4.69, 9.17) is 11.6 Å². The summed E-state index contributed by atoms with van der Waals surface area (Å²) in [5, 5.41) is 3.31. The van der Waals surface area contributed by atoms with Gasteiger partial charge in [0.25, 0.3) is 11.8 Å². The first-order valence-corrected chi connectivity index (χ1v) is 8.99. The summed E-state index contributed by atoms with van der Waals surface area (Å²) in [7, 11) is 0. The van der Waals surface area contributed by atoms with Gasteiger partial charge in [0.2, 0.25) is 0 Å². The van der Waals surface area contributed by atoms with Crippen LogP contribution in [-0.4, -0.2) is 11.8 Å². The van der Waals surface area contributed by atoms with E-state index in [0.29, 0.717) is 16.3 Å². The Kier molecular flexibility index (Phi) is 4.86. The van der Waals surface area contributed by atoms with Gasteiger partial charge in [-0.3, -0.25) is 9.59 Å². The Morgan fingerprint density at radius 1 is 0.793 bits per heavy atom. The van der Waals surface area contributed by atoms with E-state index >= 15 is 0 Å². The van der Waals surface area contributed by atoms with Crippen LogP contribution in [0, 0.1) is 11.6 Å². The second kappa shape index (κ2) is 7.48. The lowest BCUT2D eigenvalue weighted by molar-refractivity contribution is -0.120. The summed E-state index contributed by atoms with van der Waals surface area (Å²) in [4.78, 5) is 27.2. The van der Waals surface area contributed by atoms with Gasteiger partial charge >= 0.3 is 0 Å². The fourth-order valence-electron chi connectivity index (χ4n) is 3.09. The van der Waals surface area contributed by atoms with E-state index in [2.05, 4.69) is 5.32 Å². The van der Waals surface area contributed by atoms with Crippen molar-refractivity contribution in [3.05, 3.63) is 101 Å². The molecule has 29 heavy (non-hydrogen) atoms. The third kappa shape index (κ3) is 3.62. The summed E-state index contributed by atoms with van der Waals surface area (Å²) in [6, 6.07) is 17.1. The number of anilines is 2. The molecular formula is C22H13ClF2N2O2. The minimum absolute atomic E-state index is 0.0350. The van der Waals surface area contributed by atoms with Crippen molar-refractivity contribution in [1.82, 2.24) is 0 Å². The highest BCUT2D eigenvalue weighted by Crippen LogP contribution is 2.34. The molecule has 0 saturated heterocycles. The van der Waals surface area contributed by atoms with Gasteiger partial charge in [-0.25, -0.2) is 13.7 Å². The number of carbonyl (C=O) groups excluding carboxylic acids is 2. The molecule has 0 fully saturated rings. The van der Waals surface area contributed by atoms with E-state index in [-0.39, 0.29) is 17.0 Å². The quantitative estimate of drug-likeness (QED) is 0.615. The lowest BCUT2D eigenvalue weighted by Gasteiger charge is -2.15. The second-order valence-electron chi connectivity index (χ2n) is 6.32. The molecule has 0 bridgehead atoms. The van der Waals surface area contributed by atoms with Crippen LogP contribution in [0.3, 0.4) is 0 Å². The van der Waals surface area contributed by atoms with Gasteiger partial charge in [-0.05, 0) is 54.1 Å². The Morgan fingerprint density at radius 3 is 2.10 bits per heavy atom. The van der Waals surface area contributed by atoms with Crippen molar-refractivity contribution in [3.63, 3.8) is 0 Å². The van der Waals surface area contributed by atoms with E-state index in [1.54, 1.807) is 30.3 Å². The average molecular weight is 411 g/mol. The summed E-state index contributed by atoms with van der Waals surface area (Å²) in [5.41, 5.74) is 0.897. The molecule has 0 aromatic heterocycles. The van der Waals surface area contributed by atoms with Crippen LogP contribution in [0.4, 0.5) is 20.2 Å². The monoisotopic (exact) mass is 410 g/mol. The first-order chi connectivity index (χ1) is 13.9. The summed E-state index contributed by atoms with van der Waals surface area (Å²) in [5.74, 6) is -2.37. The molecule has 7 heteroatoms. The molecule has 4 nitrogen and oxygen atoms in total. The van der Waals surface area contributed by atoms with E-state index < -0.39 is 23.4 Å². The number of rotatable bonds is 4. The number of amides is 2. The largest absolute Gasteiger partial charge is 0.350 e. The molecule has 0 atom stereocenters. The van der Waals surface area contributed by atoms with Crippen LogP contribution in [0.25, 0.3) is 5.57 Å². The zero-order valence-corrected chi connectivity index (χ0v) is 15.6. The van der Waals surface area contributed by atoms with Gasteiger partial charge in [-0.15, -0.1) is 0 Å². The van der Waals surface area contributed by atoms with Gasteiger partial charge in [-0.2, -0.15) is 0 Å². The first-order valence-electron chi connectivity index (χ1n) is 8.61. The van der Waals surface area contributed by atoms with Crippen molar-refractivity contribution < 1.29 is 18.4 Å². The van der Waals surface area contributed by atoms with Gasteiger partial charge in [0, 0.05) is 10.7 Å². The highest BCUT2D eigenvalue weighted by Gasteiger charge is 2.40. The molecule has 1 N–H and O–H groups in total. The summed E-state index contributed by atoms with van der Waals surface area (Å²) in [6.45, 7) is 0. The minimum atomic E-state index is -0.671. The smallest absolute Gasteiger partial charge is 0.282 e. The van der Waals surface area contributed by atoms with Crippen molar-refractivity contribution in [2.75, 3.05) is 10.2 Å². The Labute approximate surface area is 170 Å². The van der Waals surface area contributed by atoms with E-state index in [9.17, 15) is 18.4 Å². The lowest BCUT2D eigenvalue weighted by atomic mass is 10.0. The number of hydrogen-bond acceptors (Lipinski definition) is 3. The molecule has 1 aliphatic rings. The van der Waals surface area contributed by atoms with Crippen LogP contribution in [0.5, 0.6) is 0 Å². The van der Waals surface area contributed by atoms with Crippen molar-refractivity contribution in [3.8, 4) is 0 Å². The van der Waals surface area contributed by atoms with Gasteiger partial charge in [0.1, 0.15) is 17.3 Å². The molecule has 3 aromatic rings. The maximum Gasteiger partial charge on any atom is 0.282 e. The Balaban J connectivity index is 1.83. The van der Waals surface area contributed by atoms with Crippen LogP contribution in [0.2, 0.25) is 5.02 Å². The van der Waals surface area contributed by atoms with Crippen molar-refractivity contribution in [2.24, 2.45) is 0 Å². The molecule has 4 rings (SSSR count). The molecule has 0 aliphatic carbocycles. The molecule has 0 radical (unpaired) electrons. The number of imide groups is 1. The third-order valence-electron chi connectivity index (χ3n) is 4.38. The van der Waals surface area contributed by atoms with Gasteiger partial charge in [0.15, 0.2) is 0 Å². The molecule has 0 unspecified atom stereocenters. The zero-order valence-electron chi connectivity index (χ0n) is 14.8. The van der Waals surface area contributed by atoms with Gasteiger partial charge in [0.05, 0.1) is 11.3 Å². The Hall–Kier alpha value is -3.51. The molecule has 2 amide bonds. The van der Waals surface area contributed by atoms with Crippen LogP contribution < -0.4 is 10.2 Å². The molecule has 1 heterocycles. The zero-order chi connectivity index (χ0) is 20.5. The first kappa shape index (κ1) is 18.8. The van der Waals surface area contributed by atoms with Crippen molar-refractivity contribution in [1.29, 1.82) is 0 Å². The minimum Gasteiger partial charge on any atom is -0.350 e. The van der Waals surface area contributed by atoms with E-state index in [0.717, 1.165) is 11.0 Å². The number of nitrogens with zero attached hydrogens (tertiary/aromatic N) is 1. The van der Waals surface area contributed by atoms with Gasteiger partial charge < -0.3 is 5.32 Å². The summed E-state index contributed by atoms with van der Waals surface area (Å²) < 4.78 is 27.3. The average Bonchev–Trinajstić information content (AvgIpc) is 2.92. The maximum absolute atomic E-state index is 13.7. The highest BCUT2D eigenvalue weighted by molar-refractivity contribution is 6.46. The lowest BCUT2D eigenvalue weighted by Crippen LogP contribution is -2.32. The topological polar surface area (TPSA) is 49.4 Å². The SMILES string of the molecule is O=C1C(Nc2cccc(F)c2)=C(c2ccc(Cl)cc2)C(=O)N1c1cccc(F)c1. The van der Waals surface area contributed by atoms with Gasteiger partial charge in [-0.1, -0.05) is 35.9 Å². The van der Waals surface area contributed by atoms with Crippen LogP contribution in [0.15, 0.2) is 78.5 Å². The summed E-state index contributed by atoms with van der Waals surface area (Å²) in [6.07, 6.45) is 0. The number of carbonyl (C=O) groups is 2. The summed E-state index contributed by atoms with van der Waals surface area (Å²) >= 11 is 5.93. The van der Waals surface area contributed by atoms with Crippen molar-refractivity contribution >= 4 is 40.4 Å². The molecule has 144 valence electrons. The van der Waals surface area contributed by atoms with Crippen molar-refractivity contribution in [2.45, 2.75) is 0 Å². The number of hydrogen-bond donors (Lipinski definition) is 1. The molecule has 0 saturated carbocycles. The molecular weight excluding hydrogens is 398 g/mol. The molecule has 0 spiro atoms. The fraction of sp³-hybridized carbons (Fsp3) is 0. The van der Waals surface area contributed by atoms with E-state index in [1.807, 2.05) is 0 Å². The second-order valence-corrected chi connectivity index (χ2v) is 6.75. The standard InChI is InChI=1S/C22H13ClF2N2O2/c23-14-9-7-13(8-10-14)19-20(26-17-5-1-3-15(24)11-17)22(29)27(21(19)28)18-6-2-4-16(25)12-18/h1-12,26H. The number of nitrogens with one attached hydrogen (secondary N) is 1. The number of benzene rings is 3. The van der Waals surface area contributed by atoms with Crippen LogP contribution >= 0.6 is 11.6 Å². The fourth-order valence-corrected chi connectivity index (χ4v) is 3.22. The Bertz CT molecular complexity index is 1160. The predicted molar refractivity (Wildman–Crippen MR) is 107 cm³/mol. The highest BCUT2D eigenvalue weighted by atomic mass is 35.5. The number of halogens is 3. The van der Waals surface area contributed by atoms with E-state index in [1.165, 1.54) is 36.4 Å². The Morgan fingerprint density at radius 2 is 1.45 bits per heavy atom. The molecule has 1 aliphatic heterocycles.